The van der Waals surface area contributed by atoms with Gasteiger partial charge in [-0.15, -0.1) is 0 Å². The molecular formula is C34H40Cl2N6O5. The molecule has 5 rings (SSSR count). The van der Waals surface area contributed by atoms with Gasteiger partial charge in [0.2, 0.25) is 0 Å². The lowest BCUT2D eigenvalue weighted by atomic mass is 9.96. The Balaban J connectivity index is 1.23. The van der Waals surface area contributed by atoms with Crippen molar-refractivity contribution in [2.75, 3.05) is 17.6 Å². The third-order valence-corrected chi connectivity index (χ3v) is 8.87. The zero-order chi connectivity index (χ0) is 33.7. The number of anilines is 2. The van der Waals surface area contributed by atoms with E-state index in [0.29, 0.717) is 45.6 Å². The fourth-order valence-corrected chi connectivity index (χ4v) is 6.24. The summed E-state index contributed by atoms with van der Waals surface area (Å²) in [6.45, 7) is 5.89. The normalized spacial score (nSPS) is 18.4. The molecule has 2 heterocycles. The monoisotopic (exact) mass is 682 g/mol. The molecule has 2 aromatic carbocycles. The van der Waals surface area contributed by atoms with E-state index in [1.807, 2.05) is 0 Å². The van der Waals surface area contributed by atoms with Gasteiger partial charge < -0.3 is 25.8 Å². The van der Waals surface area contributed by atoms with E-state index in [0.717, 1.165) is 31.2 Å². The second-order valence-corrected chi connectivity index (χ2v) is 13.7. The summed E-state index contributed by atoms with van der Waals surface area (Å²) in [7, 11) is 0. The number of carbonyl (C=O) groups is 3. The van der Waals surface area contributed by atoms with Crippen molar-refractivity contribution in [3.05, 3.63) is 69.8 Å². The van der Waals surface area contributed by atoms with Crippen molar-refractivity contribution >= 4 is 52.8 Å². The van der Waals surface area contributed by atoms with Gasteiger partial charge >= 0.3 is 12.1 Å². The molecule has 2 aliphatic rings. The zero-order valence-corrected chi connectivity index (χ0v) is 28.2. The molecule has 1 aromatic heterocycles. The number of hydrogen-bond acceptors (Lipinski definition) is 9. The number of likely N-dealkylation sites (tertiary alicyclic amines) is 1. The van der Waals surface area contributed by atoms with E-state index in [-0.39, 0.29) is 36.8 Å². The average Bonchev–Trinajstić information content (AvgIpc) is 3.54. The predicted molar refractivity (Wildman–Crippen MR) is 181 cm³/mol. The predicted octanol–water partition coefficient (Wildman–Crippen LogP) is 6.63. The Labute approximate surface area is 284 Å². The maximum Gasteiger partial charge on any atom is 0.411 e. The molecule has 1 saturated heterocycles. The van der Waals surface area contributed by atoms with Crippen LogP contribution in [-0.4, -0.2) is 63.2 Å². The summed E-state index contributed by atoms with van der Waals surface area (Å²) in [5.74, 6) is -0.160. The molecule has 2 fully saturated rings. The van der Waals surface area contributed by atoms with E-state index in [1.54, 1.807) is 69.4 Å². The van der Waals surface area contributed by atoms with Crippen molar-refractivity contribution < 1.29 is 23.9 Å². The van der Waals surface area contributed by atoms with E-state index in [9.17, 15) is 14.4 Å². The summed E-state index contributed by atoms with van der Waals surface area (Å²) < 4.78 is 11.4. The Morgan fingerprint density at radius 1 is 1.02 bits per heavy atom. The number of hydrogen-bond donors (Lipinski definition) is 3. The third-order valence-electron chi connectivity index (χ3n) is 8.16. The molecule has 0 bridgehead atoms. The Hall–Kier alpha value is -4.09. The molecule has 13 heteroatoms. The van der Waals surface area contributed by atoms with Crippen molar-refractivity contribution in [1.82, 2.24) is 20.2 Å². The average molecular weight is 684 g/mol. The molecule has 1 saturated carbocycles. The molecule has 0 spiro atoms. The first-order chi connectivity index (χ1) is 22.4. The van der Waals surface area contributed by atoms with Gasteiger partial charge in [-0.2, -0.15) is 0 Å². The maximum atomic E-state index is 13.3. The zero-order valence-electron chi connectivity index (χ0n) is 26.7. The lowest BCUT2D eigenvalue weighted by Crippen LogP contribution is -2.56. The quantitative estimate of drug-likeness (QED) is 0.223. The Kier molecular flexibility index (Phi) is 10.8. The Bertz CT molecular complexity index is 1590. The van der Waals surface area contributed by atoms with Crippen molar-refractivity contribution in [1.29, 1.82) is 0 Å². The van der Waals surface area contributed by atoms with E-state index in [1.165, 1.54) is 4.90 Å². The largest absolute Gasteiger partial charge is 0.461 e. The smallest absolute Gasteiger partial charge is 0.411 e. The van der Waals surface area contributed by atoms with Gasteiger partial charge in [0.05, 0.1) is 11.9 Å². The minimum Gasteiger partial charge on any atom is -0.461 e. The van der Waals surface area contributed by atoms with E-state index >= 15 is 0 Å². The van der Waals surface area contributed by atoms with Crippen LogP contribution in [0.4, 0.5) is 16.4 Å². The number of nitrogens with one attached hydrogen (secondary N) is 2. The van der Waals surface area contributed by atoms with Gasteiger partial charge in [-0.1, -0.05) is 41.4 Å². The first-order valence-electron chi connectivity index (χ1n) is 15.8. The number of nitrogens with two attached hydrogens (primary N) is 1. The van der Waals surface area contributed by atoms with Gasteiger partial charge in [-0.05, 0) is 83.6 Å². The van der Waals surface area contributed by atoms with E-state index < -0.39 is 23.7 Å². The lowest BCUT2D eigenvalue weighted by Gasteiger charge is -2.39. The highest BCUT2D eigenvalue weighted by atomic mass is 35.5. The number of ether oxygens (including phenoxy) is 2. The van der Waals surface area contributed by atoms with Crippen LogP contribution in [0.5, 0.6) is 0 Å². The van der Waals surface area contributed by atoms with Gasteiger partial charge in [0, 0.05) is 45.9 Å². The number of nitrogen functional groups attached to an aromatic ring is 1. The molecule has 250 valence electrons. The van der Waals surface area contributed by atoms with Crippen LogP contribution in [0.15, 0.2) is 48.7 Å². The summed E-state index contributed by atoms with van der Waals surface area (Å²) in [4.78, 5) is 49.9. The minimum atomic E-state index is -0.854. The number of esters is 1. The number of benzene rings is 2. The first kappa shape index (κ1) is 34.3. The molecule has 1 aliphatic carbocycles. The van der Waals surface area contributed by atoms with Crippen LogP contribution in [0.2, 0.25) is 10.0 Å². The minimum absolute atomic E-state index is 0.144. The summed E-state index contributed by atoms with van der Waals surface area (Å²) in [5.41, 5.74) is 7.79. The second kappa shape index (κ2) is 14.8. The van der Waals surface area contributed by atoms with Gasteiger partial charge in [0.15, 0.2) is 11.6 Å². The van der Waals surface area contributed by atoms with Crippen LogP contribution < -0.4 is 16.4 Å². The van der Waals surface area contributed by atoms with Crippen LogP contribution in [0.3, 0.4) is 0 Å². The van der Waals surface area contributed by atoms with Crippen molar-refractivity contribution in [2.24, 2.45) is 0 Å². The van der Waals surface area contributed by atoms with Gasteiger partial charge in [-0.25, -0.2) is 19.6 Å². The molecule has 2 amide bonds. The summed E-state index contributed by atoms with van der Waals surface area (Å²) in [5, 5.41) is 7.23. The van der Waals surface area contributed by atoms with Gasteiger partial charge in [0.1, 0.15) is 17.7 Å². The van der Waals surface area contributed by atoms with Crippen LogP contribution >= 0.6 is 23.2 Å². The molecule has 2 unspecified atom stereocenters. The summed E-state index contributed by atoms with van der Waals surface area (Å²) in [6, 6.07) is 11.0. The number of piperidine rings is 1. The number of aromatic nitrogens is 2. The molecule has 47 heavy (non-hydrogen) atoms. The maximum absolute atomic E-state index is 13.3. The molecule has 0 radical (unpaired) electrons. The molecular weight excluding hydrogens is 643 g/mol. The number of amides is 2. The van der Waals surface area contributed by atoms with E-state index in [4.69, 9.17) is 38.4 Å². The number of nitrogens with zero attached hydrogens (tertiary/aromatic N) is 3. The van der Waals surface area contributed by atoms with Crippen LogP contribution in [-0.2, 0) is 20.8 Å². The SMILES string of the molecule is CC(C)(C)OC(=O)N1CCC(NC(=O)c2ccc(-c3cnc(N)c(NCc4c(Cl)cccc4Cl)n3)cc2)CC1C(=O)OC1CCCC1. The number of rotatable bonds is 8. The Morgan fingerprint density at radius 2 is 1.70 bits per heavy atom. The topological polar surface area (TPSA) is 149 Å². The van der Waals surface area contributed by atoms with E-state index in [2.05, 4.69) is 20.6 Å². The molecule has 2 atom stereocenters. The van der Waals surface area contributed by atoms with Crippen molar-refractivity contribution in [3.8, 4) is 11.3 Å². The van der Waals surface area contributed by atoms with Crippen LogP contribution in [0.25, 0.3) is 11.3 Å². The highest BCUT2D eigenvalue weighted by Gasteiger charge is 2.40. The molecule has 11 nitrogen and oxygen atoms in total. The Morgan fingerprint density at radius 3 is 2.36 bits per heavy atom. The van der Waals surface area contributed by atoms with Crippen molar-refractivity contribution in [2.45, 2.75) is 89.6 Å². The standard InChI is InChI=1S/C34H40Cl2N6O5/c1-34(2,3)47-33(45)42-16-15-22(17-28(42)32(44)46-23-7-4-5-8-23)40-31(43)21-13-11-20(12-14-21)27-19-38-29(37)30(41-27)39-18-24-25(35)9-6-10-26(24)36/h6,9-14,19,22-23,28H,4-5,7-8,15-18H2,1-3H3,(H2,37,38)(H,39,41)(H,40,43). The second-order valence-electron chi connectivity index (χ2n) is 12.8. The first-order valence-corrected chi connectivity index (χ1v) is 16.5. The molecule has 4 N–H and O–H groups in total. The fourth-order valence-electron chi connectivity index (χ4n) is 5.71. The molecule has 1 aliphatic heterocycles. The number of carbonyl (C=O) groups excluding carboxylic acids is 3. The fraction of sp³-hybridized carbons (Fsp3) is 0.441. The highest BCUT2D eigenvalue weighted by Crippen LogP contribution is 2.28. The van der Waals surface area contributed by atoms with Gasteiger partial charge in [0.25, 0.3) is 5.91 Å². The highest BCUT2D eigenvalue weighted by molar-refractivity contribution is 6.36. The third kappa shape index (κ3) is 8.84. The number of halogens is 2. The summed E-state index contributed by atoms with van der Waals surface area (Å²) in [6.07, 6.45) is 5.20. The molecule has 3 aromatic rings. The lowest BCUT2D eigenvalue weighted by molar-refractivity contribution is -0.156. The van der Waals surface area contributed by atoms with Crippen LogP contribution in [0.1, 0.15) is 75.2 Å². The van der Waals surface area contributed by atoms with Crippen LogP contribution in [0, 0.1) is 0 Å². The van der Waals surface area contributed by atoms with Crippen molar-refractivity contribution in [3.63, 3.8) is 0 Å². The van der Waals surface area contributed by atoms with Gasteiger partial charge in [-0.3, -0.25) is 9.69 Å². The summed E-state index contributed by atoms with van der Waals surface area (Å²) >= 11 is 12.6.